The highest BCUT2D eigenvalue weighted by molar-refractivity contribution is 9.10. The molecule has 0 aliphatic rings. The summed E-state index contributed by atoms with van der Waals surface area (Å²) in [6.45, 7) is 0.489. The van der Waals surface area contributed by atoms with Gasteiger partial charge in [0.05, 0.1) is 25.4 Å². The van der Waals surface area contributed by atoms with Crippen LogP contribution in [0.1, 0.15) is 15.2 Å². The molecule has 0 bridgehead atoms. The van der Waals surface area contributed by atoms with Gasteiger partial charge in [0.25, 0.3) is 5.91 Å². The first-order chi connectivity index (χ1) is 8.72. The van der Waals surface area contributed by atoms with Gasteiger partial charge < -0.3 is 10.1 Å². The van der Waals surface area contributed by atoms with Crippen molar-refractivity contribution in [3.63, 3.8) is 0 Å². The Morgan fingerprint density at radius 1 is 1.56 bits per heavy atom. The third-order valence-corrected chi connectivity index (χ3v) is 4.28. The van der Waals surface area contributed by atoms with E-state index in [0.717, 1.165) is 9.35 Å². The molecule has 0 aromatic carbocycles. The van der Waals surface area contributed by atoms with Crippen molar-refractivity contribution in [3.8, 4) is 5.75 Å². The summed E-state index contributed by atoms with van der Waals surface area (Å²) in [5, 5.41) is 4.82. The van der Waals surface area contributed by atoms with E-state index in [2.05, 4.69) is 26.2 Å². The molecule has 18 heavy (non-hydrogen) atoms. The van der Waals surface area contributed by atoms with Crippen LogP contribution in [-0.2, 0) is 6.54 Å². The number of hydrogen-bond donors (Lipinski definition) is 1. The van der Waals surface area contributed by atoms with E-state index in [4.69, 9.17) is 4.74 Å². The van der Waals surface area contributed by atoms with E-state index in [-0.39, 0.29) is 5.91 Å². The fourth-order valence-corrected chi connectivity index (χ4v) is 2.87. The first-order valence-corrected chi connectivity index (χ1v) is 6.87. The van der Waals surface area contributed by atoms with E-state index in [1.165, 1.54) is 13.3 Å². The fourth-order valence-electron chi connectivity index (χ4n) is 1.44. The van der Waals surface area contributed by atoms with Gasteiger partial charge in [-0.2, -0.15) is 0 Å². The molecule has 1 amide bonds. The van der Waals surface area contributed by atoms with Crippen LogP contribution in [0.2, 0.25) is 0 Å². The van der Waals surface area contributed by atoms with Gasteiger partial charge in [-0.25, -0.2) is 0 Å². The molecule has 4 nitrogen and oxygen atoms in total. The van der Waals surface area contributed by atoms with Crippen LogP contribution in [0.4, 0.5) is 0 Å². The zero-order valence-corrected chi connectivity index (χ0v) is 12.0. The number of nitrogens with one attached hydrogen (secondary N) is 1. The summed E-state index contributed by atoms with van der Waals surface area (Å²) in [5.74, 6) is 0.301. The molecule has 0 spiro atoms. The van der Waals surface area contributed by atoms with E-state index >= 15 is 0 Å². The molecule has 0 aliphatic carbocycles. The van der Waals surface area contributed by atoms with Crippen LogP contribution < -0.4 is 10.1 Å². The van der Waals surface area contributed by atoms with Gasteiger partial charge in [0.15, 0.2) is 0 Å². The third-order valence-electron chi connectivity index (χ3n) is 2.35. The maximum atomic E-state index is 12.0. The lowest BCUT2D eigenvalue weighted by Crippen LogP contribution is -2.23. The van der Waals surface area contributed by atoms with Crippen molar-refractivity contribution in [1.29, 1.82) is 0 Å². The normalized spacial score (nSPS) is 10.1. The second-order valence-electron chi connectivity index (χ2n) is 3.45. The average molecular weight is 327 g/mol. The molecule has 2 rings (SSSR count). The molecule has 2 aromatic rings. The van der Waals surface area contributed by atoms with Crippen molar-refractivity contribution in [2.24, 2.45) is 0 Å². The number of aromatic nitrogens is 1. The number of carbonyl (C=O) groups is 1. The number of rotatable bonds is 4. The number of methoxy groups -OCH3 is 1. The number of amides is 1. The molecule has 0 fully saturated rings. The maximum absolute atomic E-state index is 12.0. The number of ether oxygens (including phenoxy) is 1. The quantitative estimate of drug-likeness (QED) is 0.939. The third kappa shape index (κ3) is 2.88. The molecule has 0 aliphatic heterocycles. The smallest absolute Gasteiger partial charge is 0.255 e. The Labute approximate surface area is 117 Å². The average Bonchev–Trinajstić information content (AvgIpc) is 2.81. The second kappa shape index (κ2) is 5.97. The number of hydrogen-bond acceptors (Lipinski definition) is 4. The lowest BCUT2D eigenvalue weighted by atomic mass is 10.2. The summed E-state index contributed by atoms with van der Waals surface area (Å²) in [5.41, 5.74) is 0.486. The van der Waals surface area contributed by atoms with Gasteiger partial charge in [0.1, 0.15) is 5.75 Å². The Hall–Kier alpha value is -1.40. The Bertz CT molecular complexity index is 557. The van der Waals surface area contributed by atoms with E-state index in [1.54, 1.807) is 23.6 Å². The van der Waals surface area contributed by atoms with Crippen LogP contribution in [0.25, 0.3) is 0 Å². The van der Waals surface area contributed by atoms with Crippen LogP contribution in [-0.4, -0.2) is 18.0 Å². The van der Waals surface area contributed by atoms with Gasteiger partial charge >= 0.3 is 0 Å². The fraction of sp³-hybridized carbons (Fsp3) is 0.167. The van der Waals surface area contributed by atoms with Gasteiger partial charge in [-0.05, 0) is 33.4 Å². The topological polar surface area (TPSA) is 51.2 Å². The Kier molecular flexibility index (Phi) is 4.33. The number of thiophene rings is 1. The molecular weight excluding hydrogens is 316 g/mol. The van der Waals surface area contributed by atoms with Crippen LogP contribution in [0.5, 0.6) is 5.75 Å². The van der Waals surface area contributed by atoms with Crippen molar-refractivity contribution < 1.29 is 9.53 Å². The van der Waals surface area contributed by atoms with Crippen LogP contribution >= 0.6 is 27.3 Å². The van der Waals surface area contributed by atoms with Crippen LogP contribution in [0.3, 0.4) is 0 Å². The second-order valence-corrected chi connectivity index (χ2v) is 5.31. The Morgan fingerprint density at radius 2 is 2.39 bits per heavy atom. The summed E-state index contributed by atoms with van der Waals surface area (Å²) in [4.78, 5) is 17.0. The van der Waals surface area contributed by atoms with Crippen LogP contribution in [0.15, 0.2) is 34.4 Å². The molecule has 0 atom stereocenters. The predicted octanol–water partition coefficient (Wildman–Crippen LogP) is 2.84. The Balaban J connectivity index is 2.06. The minimum Gasteiger partial charge on any atom is -0.494 e. The van der Waals surface area contributed by atoms with Crippen molar-refractivity contribution in [2.75, 3.05) is 7.11 Å². The monoisotopic (exact) mass is 326 g/mol. The van der Waals surface area contributed by atoms with Crippen molar-refractivity contribution >= 4 is 33.2 Å². The number of halogens is 1. The zero-order valence-electron chi connectivity index (χ0n) is 9.64. The van der Waals surface area contributed by atoms with Gasteiger partial charge in [0.2, 0.25) is 0 Å². The predicted molar refractivity (Wildman–Crippen MR) is 74.0 cm³/mol. The van der Waals surface area contributed by atoms with Gasteiger partial charge in [-0.3, -0.25) is 9.78 Å². The van der Waals surface area contributed by atoms with Gasteiger partial charge in [-0.15, -0.1) is 11.3 Å². The SMILES string of the molecule is COc1cnccc1C(=O)NCc1sccc1Br. The summed E-state index contributed by atoms with van der Waals surface area (Å²) in [7, 11) is 1.52. The summed E-state index contributed by atoms with van der Waals surface area (Å²) in [6, 6.07) is 3.59. The molecule has 2 heterocycles. The largest absolute Gasteiger partial charge is 0.494 e. The van der Waals surface area contributed by atoms with Gasteiger partial charge in [0, 0.05) is 15.5 Å². The summed E-state index contributed by atoms with van der Waals surface area (Å²) < 4.78 is 6.11. The van der Waals surface area contributed by atoms with Gasteiger partial charge in [-0.1, -0.05) is 0 Å². The molecule has 6 heteroatoms. The van der Waals surface area contributed by atoms with Crippen LogP contribution in [0, 0.1) is 0 Å². The standard InChI is InChI=1S/C12H11BrN2O2S/c1-17-10-6-14-4-2-8(10)12(16)15-7-11-9(13)3-5-18-11/h2-6H,7H2,1H3,(H,15,16). The minimum absolute atomic E-state index is 0.172. The van der Waals surface area contributed by atoms with E-state index < -0.39 is 0 Å². The molecular formula is C12H11BrN2O2S. The number of carbonyl (C=O) groups excluding carboxylic acids is 1. The first kappa shape index (κ1) is 13.0. The van der Waals surface area contributed by atoms with Crippen molar-refractivity contribution in [1.82, 2.24) is 10.3 Å². The van der Waals surface area contributed by atoms with E-state index in [1.807, 2.05) is 11.4 Å². The molecule has 0 unspecified atom stereocenters. The molecule has 0 saturated heterocycles. The minimum atomic E-state index is -0.172. The Morgan fingerprint density at radius 3 is 3.06 bits per heavy atom. The molecule has 94 valence electrons. The lowest BCUT2D eigenvalue weighted by Gasteiger charge is -2.08. The number of nitrogens with zero attached hydrogens (tertiary/aromatic N) is 1. The summed E-state index contributed by atoms with van der Waals surface area (Å²) >= 11 is 5.02. The molecule has 0 saturated carbocycles. The maximum Gasteiger partial charge on any atom is 0.255 e. The van der Waals surface area contributed by atoms with Crippen molar-refractivity contribution in [3.05, 3.63) is 44.8 Å². The highest BCUT2D eigenvalue weighted by Crippen LogP contribution is 2.22. The first-order valence-electron chi connectivity index (χ1n) is 5.20. The molecule has 2 aromatic heterocycles. The molecule has 0 radical (unpaired) electrons. The zero-order chi connectivity index (χ0) is 13.0. The lowest BCUT2D eigenvalue weighted by molar-refractivity contribution is 0.0948. The number of pyridine rings is 1. The highest BCUT2D eigenvalue weighted by atomic mass is 79.9. The van der Waals surface area contributed by atoms with E-state index in [9.17, 15) is 4.79 Å². The summed E-state index contributed by atoms with van der Waals surface area (Å²) in [6.07, 6.45) is 3.09. The molecule has 1 N–H and O–H groups in total. The highest BCUT2D eigenvalue weighted by Gasteiger charge is 2.12. The van der Waals surface area contributed by atoms with Crippen molar-refractivity contribution in [2.45, 2.75) is 6.54 Å². The van der Waals surface area contributed by atoms with E-state index in [0.29, 0.717) is 17.9 Å².